The average molecular weight is 302 g/mol. The largest absolute Gasteiger partial charge is 0.366 e. The Morgan fingerprint density at radius 3 is 2.93 bits per heavy atom. The maximum Gasteiger partial charge on any atom is 0.139 e. The first kappa shape index (κ1) is 10.2. The molecule has 0 amide bonds. The molecular weight excluding hydrogens is 287 g/mol. The summed E-state index contributed by atoms with van der Waals surface area (Å²) in [6.45, 7) is 2.26. The summed E-state index contributed by atoms with van der Waals surface area (Å²) >= 11 is 2.32. The number of nitrogens with one attached hydrogen (secondary N) is 1. The van der Waals surface area contributed by atoms with Crippen molar-refractivity contribution < 1.29 is 0 Å². The van der Waals surface area contributed by atoms with Gasteiger partial charge >= 0.3 is 0 Å². The molecule has 0 aliphatic heterocycles. The Labute approximate surface area is 98.6 Å². The van der Waals surface area contributed by atoms with Crippen LogP contribution in [0.3, 0.4) is 0 Å². The van der Waals surface area contributed by atoms with E-state index in [1.807, 2.05) is 12.3 Å². The zero-order valence-electron chi connectivity index (χ0n) is 8.33. The van der Waals surface area contributed by atoms with Gasteiger partial charge in [0.25, 0.3) is 0 Å². The summed E-state index contributed by atoms with van der Waals surface area (Å²) in [6, 6.07) is 4.62. The highest BCUT2D eigenvalue weighted by molar-refractivity contribution is 14.1. The summed E-state index contributed by atoms with van der Waals surface area (Å²) in [6.07, 6.45) is 5.99. The molecule has 0 spiro atoms. The molecule has 0 saturated heterocycles. The average Bonchev–Trinajstić information content (AvgIpc) is 2.05. The SMILES string of the molecule is C[C@H](Nc1ncccc1I)C1CCC1. The van der Waals surface area contributed by atoms with Crippen LogP contribution < -0.4 is 5.32 Å². The number of halogens is 1. The zero-order chi connectivity index (χ0) is 9.97. The Morgan fingerprint density at radius 2 is 2.36 bits per heavy atom. The van der Waals surface area contributed by atoms with Gasteiger partial charge in [-0.05, 0) is 60.4 Å². The Balaban J connectivity index is 1.99. The van der Waals surface area contributed by atoms with Crippen molar-refractivity contribution in [1.29, 1.82) is 0 Å². The molecule has 1 fully saturated rings. The van der Waals surface area contributed by atoms with Gasteiger partial charge in [0.1, 0.15) is 5.82 Å². The first-order chi connectivity index (χ1) is 6.77. The van der Waals surface area contributed by atoms with Crippen LogP contribution in [0.4, 0.5) is 5.82 Å². The van der Waals surface area contributed by atoms with Crippen molar-refractivity contribution in [2.24, 2.45) is 5.92 Å². The molecule has 1 aliphatic carbocycles. The second kappa shape index (κ2) is 4.47. The normalized spacial score (nSPS) is 18.7. The molecule has 76 valence electrons. The maximum atomic E-state index is 4.34. The minimum Gasteiger partial charge on any atom is -0.366 e. The number of hydrogen-bond acceptors (Lipinski definition) is 2. The van der Waals surface area contributed by atoms with Gasteiger partial charge in [-0.3, -0.25) is 0 Å². The fourth-order valence-corrected chi connectivity index (χ4v) is 2.27. The Bertz CT molecular complexity index is 310. The molecule has 2 nitrogen and oxygen atoms in total. The van der Waals surface area contributed by atoms with Crippen molar-refractivity contribution in [1.82, 2.24) is 4.98 Å². The van der Waals surface area contributed by atoms with Crippen LogP contribution in [-0.2, 0) is 0 Å². The van der Waals surface area contributed by atoms with Crippen molar-refractivity contribution in [3.63, 3.8) is 0 Å². The van der Waals surface area contributed by atoms with E-state index < -0.39 is 0 Å². The van der Waals surface area contributed by atoms with Crippen molar-refractivity contribution in [2.75, 3.05) is 5.32 Å². The fraction of sp³-hybridized carbons (Fsp3) is 0.545. The lowest BCUT2D eigenvalue weighted by atomic mass is 9.80. The topological polar surface area (TPSA) is 24.9 Å². The Morgan fingerprint density at radius 1 is 1.57 bits per heavy atom. The van der Waals surface area contributed by atoms with Gasteiger partial charge in [-0.25, -0.2) is 4.98 Å². The molecule has 3 heteroatoms. The van der Waals surface area contributed by atoms with E-state index in [2.05, 4.69) is 45.9 Å². The highest BCUT2D eigenvalue weighted by Gasteiger charge is 2.24. The van der Waals surface area contributed by atoms with Gasteiger partial charge in [0.05, 0.1) is 3.57 Å². The van der Waals surface area contributed by atoms with E-state index in [1.165, 1.54) is 22.8 Å². The summed E-state index contributed by atoms with van der Waals surface area (Å²) in [5, 5.41) is 3.49. The van der Waals surface area contributed by atoms with Gasteiger partial charge in [0, 0.05) is 12.2 Å². The van der Waals surface area contributed by atoms with Crippen LogP contribution >= 0.6 is 22.6 Å². The van der Waals surface area contributed by atoms with Gasteiger partial charge in [0.2, 0.25) is 0 Å². The van der Waals surface area contributed by atoms with E-state index in [4.69, 9.17) is 0 Å². The van der Waals surface area contributed by atoms with E-state index in [9.17, 15) is 0 Å². The Hall–Kier alpha value is -0.320. The molecule has 1 atom stereocenters. The molecule has 0 unspecified atom stereocenters. The molecular formula is C11H15IN2. The summed E-state index contributed by atoms with van der Waals surface area (Å²) < 4.78 is 1.20. The number of pyridine rings is 1. The van der Waals surface area contributed by atoms with Crippen LogP contribution in [0.15, 0.2) is 18.3 Å². The number of anilines is 1. The molecule has 1 heterocycles. The van der Waals surface area contributed by atoms with Crippen molar-refractivity contribution >= 4 is 28.4 Å². The number of nitrogens with zero attached hydrogens (tertiary/aromatic N) is 1. The monoisotopic (exact) mass is 302 g/mol. The van der Waals surface area contributed by atoms with Crippen LogP contribution in [-0.4, -0.2) is 11.0 Å². The predicted octanol–water partition coefficient (Wildman–Crippen LogP) is 3.29. The molecule has 1 aliphatic rings. The lowest BCUT2D eigenvalue weighted by Crippen LogP contribution is -2.31. The summed E-state index contributed by atoms with van der Waals surface area (Å²) in [5.41, 5.74) is 0. The van der Waals surface area contributed by atoms with Crippen molar-refractivity contribution in [3.8, 4) is 0 Å². The molecule has 2 rings (SSSR count). The van der Waals surface area contributed by atoms with Crippen LogP contribution in [0, 0.1) is 9.49 Å². The highest BCUT2D eigenvalue weighted by Crippen LogP contribution is 2.31. The zero-order valence-corrected chi connectivity index (χ0v) is 10.5. The van der Waals surface area contributed by atoms with Crippen LogP contribution in [0.1, 0.15) is 26.2 Å². The molecule has 0 aromatic carbocycles. The standard InChI is InChI=1S/C11H15IN2/c1-8(9-4-2-5-9)14-11-10(12)6-3-7-13-11/h3,6-9H,2,4-5H2,1H3,(H,13,14)/t8-/m0/s1. The van der Waals surface area contributed by atoms with Gasteiger partial charge in [0.15, 0.2) is 0 Å². The van der Waals surface area contributed by atoms with Gasteiger partial charge < -0.3 is 5.32 Å². The van der Waals surface area contributed by atoms with Gasteiger partial charge in [-0.2, -0.15) is 0 Å². The first-order valence-corrected chi connectivity index (χ1v) is 6.22. The third-order valence-corrected chi connectivity index (χ3v) is 3.85. The maximum absolute atomic E-state index is 4.34. The smallest absolute Gasteiger partial charge is 0.139 e. The van der Waals surface area contributed by atoms with E-state index in [0.717, 1.165) is 11.7 Å². The van der Waals surface area contributed by atoms with Gasteiger partial charge in [-0.15, -0.1) is 0 Å². The van der Waals surface area contributed by atoms with E-state index in [1.54, 1.807) is 0 Å². The minimum atomic E-state index is 0.562. The molecule has 14 heavy (non-hydrogen) atoms. The molecule has 1 aromatic heterocycles. The van der Waals surface area contributed by atoms with Crippen LogP contribution in [0.2, 0.25) is 0 Å². The highest BCUT2D eigenvalue weighted by atomic mass is 127. The molecule has 1 aromatic rings. The fourth-order valence-electron chi connectivity index (χ4n) is 1.77. The summed E-state index contributed by atoms with van der Waals surface area (Å²) in [7, 11) is 0. The van der Waals surface area contributed by atoms with Crippen LogP contribution in [0.5, 0.6) is 0 Å². The summed E-state index contributed by atoms with van der Waals surface area (Å²) in [5.74, 6) is 1.89. The third-order valence-electron chi connectivity index (χ3n) is 2.98. The van der Waals surface area contributed by atoms with E-state index in [0.29, 0.717) is 6.04 Å². The Kier molecular flexibility index (Phi) is 3.26. The van der Waals surface area contributed by atoms with Crippen LogP contribution in [0.25, 0.3) is 0 Å². The number of hydrogen-bond donors (Lipinski definition) is 1. The quantitative estimate of drug-likeness (QED) is 0.867. The first-order valence-electron chi connectivity index (χ1n) is 5.14. The molecule has 0 bridgehead atoms. The molecule has 0 radical (unpaired) electrons. The minimum absolute atomic E-state index is 0.562. The van der Waals surface area contributed by atoms with Gasteiger partial charge in [-0.1, -0.05) is 6.42 Å². The number of rotatable bonds is 3. The van der Waals surface area contributed by atoms with Crippen molar-refractivity contribution in [3.05, 3.63) is 21.9 Å². The van der Waals surface area contributed by atoms with E-state index in [-0.39, 0.29) is 0 Å². The lowest BCUT2D eigenvalue weighted by molar-refractivity contribution is 0.285. The molecule has 1 saturated carbocycles. The molecule has 1 N–H and O–H groups in total. The second-order valence-electron chi connectivity index (χ2n) is 3.96. The number of aromatic nitrogens is 1. The van der Waals surface area contributed by atoms with E-state index >= 15 is 0 Å². The lowest BCUT2D eigenvalue weighted by Gasteiger charge is -2.32. The van der Waals surface area contributed by atoms with Crippen molar-refractivity contribution in [2.45, 2.75) is 32.2 Å². The second-order valence-corrected chi connectivity index (χ2v) is 5.12. The summed E-state index contributed by atoms with van der Waals surface area (Å²) in [4.78, 5) is 4.34. The third kappa shape index (κ3) is 2.19. The predicted molar refractivity (Wildman–Crippen MR) is 67.4 cm³/mol.